The topological polar surface area (TPSA) is 106 Å². The third kappa shape index (κ3) is 3.18. The van der Waals surface area contributed by atoms with Crippen molar-refractivity contribution in [3.63, 3.8) is 0 Å². The van der Waals surface area contributed by atoms with Gasteiger partial charge in [-0.1, -0.05) is 0 Å². The van der Waals surface area contributed by atoms with Crippen LogP contribution in [0, 0.1) is 0 Å². The minimum atomic E-state index is -0.468. The number of methoxy groups -OCH3 is 6. The molecule has 1 aromatic heterocycles. The van der Waals surface area contributed by atoms with Crippen molar-refractivity contribution >= 4 is 11.0 Å². The van der Waals surface area contributed by atoms with E-state index in [1.807, 2.05) is 0 Å². The third-order valence-electron chi connectivity index (χ3n) is 4.57. The normalized spacial score (nSPS) is 10.6. The smallest absolute Gasteiger partial charge is 0.211 e. The van der Waals surface area contributed by atoms with Crippen LogP contribution in [0.1, 0.15) is 0 Å². The summed E-state index contributed by atoms with van der Waals surface area (Å²) in [4.78, 5) is 12.8. The van der Waals surface area contributed by atoms with Gasteiger partial charge in [0.2, 0.25) is 17.2 Å². The summed E-state index contributed by atoms with van der Waals surface area (Å²) in [6, 6.07) is 4.05. The molecule has 1 N–H and O–H groups in total. The Bertz CT molecular complexity index is 1110. The Morgan fingerprint density at radius 1 is 0.700 bits per heavy atom. The van der Waals surface area contributed by atoms with E-state index in [4.69, 9.17) is 32.8 Å². The highest BCUT2D eigenvalue weighted by Crippen LogP contribution is 2.57. The zero-order chi connectivity index (χ0) is 22.0. The molecule has 30 heavy (non-hydrogen) atoms. The number of benzene rings is 2. The maximum atomic E-state index is 12.8. The number of phenolic OH excluding ortho intramolecular Hbond substituents is 1. The van der Waals surface area contributed by atoms with E-state index in [-0.39, 0.29) is 56.8 Å². The lowest BCUT2D eigenvalue weighted by Crippen LogP contribution is -2.05. The van der Waals surface area contributed by atoms with Crippen molar-refractivity contribution in [2.24, 2.45) is 0 Å². The first-order valence-electron chi connectivity index (χ1n) is 8.74. The van der Waals surface area contributed by atoms with Crippen LogP contribution in [0.25, 0.3) is 22.3 Å². The molecule has 0 unspecified atom stereocenters. The molecule has 9 nitrogen and oxygen atoms in total. The van der Waals surface area contributed by atoms with Gasteiger partial charge in [-0.05, 0) is 0 Å². The van der Waals surface area contributed by atoms with E-state index >= 15 is 0 Å². The fraction of sp³-hybridized carbons (Fsp3) is 0.286. The Kier molecular flexibility index (Phi) is 5.81. The molecule has 0 amide bonds. The summed E-state index contributed by atoms with van der Waals surface area (Å²) in [5.74, 6) is 1.29. The standard InChI is InChI=1S/C21H22O9/c1-24-10-7-11(22)15-12(23)9-14(30-13(15)8-10)16-17(25-2)19(27-4)21(29-6)20(28-5)18(16)26-3/h7-9,22H,1-6H3. The van der Waals surface area contributed by atoms with Crippen LogP contribution in [0.4, 0.5) is 0 Å². The summed E-state index contributed by atoms with van der Waals surface area (Å²) >= 11 is 0. The van der Waals surface area contributed by atoms with Gasteiger partial charge in [-0.25, -0.2) is 0 Å². The van der Waals surface area contributed by atoms with Crippen molar-refractivity contribution in [1.82, 2.24) is 0 Å². The number of hydrogen-bond acceptors (Lipinski definition) is 9. The molecule has 0 atom stereocenters. The van der Waals surface area contributed by atoms with Gasteiger partial charge in [0.25, 0.3) is 0 Å². The molecule has 0 saturated carbocycles. The summed E-state index contributed by atoms with van der Waals surface area (Å²) in [6.45, 7) is 0. The lowest BCUT2D eigenvalue weighted by molar-refractivity contribution is 0.291. The van der Waals surface area contributed by atoms with E-state index in [2.05, 4.69) is 0 Å². The number of rotatable bonds is 7. The molecular formula is C21H22O9. The lowest BCUT2D eigenvalue weighted by Gasteiger charge is -2.21. The van der Waals surface area contributed by atoms with Crippen LogP contribution in [0.3, 0.4) is 0 Å². The van der Waals surface area contributed by atoms with Crippen LogP contribution in [0.2, 0.25) is 0 Å². The Balaban J connectivity index is 2.48. The maximum absolute atomic E-state index is 12.8. The molecule has 3 rings (SSSR count). The monoisotopic (exact) mass is 418 g/mol. The molecule has 3 aromatic rings. The van der Waals surface area contributed by atoms with Gasteiger partial charge >= 0.3 is 0 Å². The summed E-state index contributed by atoms with van der Waals surface area (Å²) in [6.07, 6.45) is 0. The highest BCUT2D eigenvalue weighted by Gasteiger charge is 2.31. The number of hydrogen-bond donors (Lipinski definition) is 1. The Morgan fingerprint density at radius 2 is 1.20 bits per heavy atom. The fourth-order valence-electron chi connectivity index (χ4n) is 3.29. The minimum Gasteiger partial charge on any atom is -0.507 e. The van der Waals surface area contributed by atoms with Gasteiger partial charge in [0, 0.05) is 18.2 Å². The quantitative estimate of drug-likeness (QED) is 0.619. The van der Waals surface area contributed by atoms with Crippen LogP contribution < -0.4 is 33.8 Å². The average molecular weight is 418 g/mol. The summed E-state index contributed by atoms with van der Waals surface area (Å²) in [7, 11) is 8.63. The first-order valence-corrected chi connectivity index (χ1v) is 8.74. The van der Waals surface area contributed by atoms with Gasteiger partial charge in [0.05, 0.1) is 42.7 Å². The third-order valence-corrected chi connectivity index (χ3v) is 4.57. The van der Waals surface area contributed by atoms with Crippen LogP contribution in [0.5, 0.6) is 40.2 Å². The number of fused-ring (bicyclic) bond motifs is 1. The van der Waals surface area contributed by atoms with Crippen molar-refractivity contribution < 1.29 is 37.9 Å². The van der Waals surface area contributed by atoms with Crippen LogP contribution in [-0.4, -0.2) is 47.8 Å². The highest BCUT2D eigenvalue weighted by molar-refractivity contribution is 5.89. The van der Waals surface area contributed by atoms with Crippen molar-refractivity contribution in [2.45, 2.75) is 0 Å². The molecule has 9 heteroatoms. The van der Waals surface area contributed by atoms with Crippen molar-refractivity contribution in [3.05, 3.63) is 28.4 Å². The van der Waals surface area contributed by atoms with Crippen LogP contribution in [-0.2, 0) is 0 Å². The molecule has 0 bridgehead atoms. The predicted molar refractivity (Wildman–Crippen MR) is 109 cm³/mol. The SMILES string of the molecule is COc1cc(O)c2c(=O)cc(-c3c(OC)c(OC)c(OC)c(OC)c3OC)oc2c1. The zero-order valence-electron chi connectivity index (χ0n) is 17.4. The van der Waals surface area contributed by atoms with Gasteiger partial charge in [-0.2, -0.15) is 0 Å². The molecule has 0 aliphatic rings. The molecular weight excluding hydrogens is 396 g/mol. The Hall–Kier alpha value is -3.75. The van der Waals surface area contributed by atoms with Gasteiger partial charge in [-0.3, -0.25) is 4.79 Å². The van der Waals surface area contributed by atoms with Crippen molar-refractivity contribution in [2.75, 3.05) is 42.7 Å². The first-order chi connectivity index (χ1) is 14.4. The fourth-order valence-corrected chi connectivity index (χ4v) is 3.29. The van der Waals surface area contributed by atoms with E-state index in [1.54, 1.807) is 0 Å². The van der Waals surface area contributed by atoms with E-state index in [0.717, 1.165) is 0 Å². The highest BCUT2D eigenvalue weighted by atomic mass is 16.6. The van der Waals surface area contributed by atoms with E-state index < -0.39 is 5.43 Å². The second kappa shape index (κ2) is 8.32. The number of aromatic hydroxyl groups is 1. The Morgan fingerprint density at radius 3 is 1.67 bits per heavy atom. The van der Waals surface area contributed by atoms with Crippen molar-refractivity contribution in [3.8, 4) is 51.6 Å². The number of ether oxygens (including phenoxy) is 6. The van der Waals surface area contributed by atoms with Gasteiger partial charge in [0.1, 0.15) is 33.8 Å². The van der Waals surface area contributed by atoms with E-state index in [9.17, 15) is 9.90 Å². The van der Waals surface area contributed by atoms with Gasteiger partial charge < -0.3 is 37.9 Å². The van der Waals surface area contributed by atoms with Gasteiger partial charge in [-0.15, -0.1) is 0 Å². The summed E-state index contributed by atoms with van der Waals surface area (Å²) < 4.78 is 38.6. The molecule has 0 radical (unpaired) electrons. The average Bonchev–Trinajstić information content (AvgIpc) is 2.75. The minimum absolute atomic E-state index is 0.0184. The summed E-state index contributed by atoms with van der Waals surface area (Å²) in [5.41, 5.74) is -0.0766. The van der Waals surface area contributed by atoms with E-state index in [1.165, 1.54) is 60.9 Å². The molecule has 1 heterocycles. The first kappa shape index (κ1) is 21.0. The summed E-state index contributed by atoms with van der Waals surface area (Å²) in [5, 5.41) is 10.2. The molecule has 2 aromatic carbocycles. The van der Waals surface area contributed by atoms with Crippen LogP contribution in [0.15, 0.2) is 27.4 Å². The molecule has 160 valence electrons. The van der Waals surface area contributed by atoms with E-state index in [0.29, 0.717) is 5.75 Å². The van der Waals surface area contributed by atoms with Crippen LogP contribution >= 0.6 is 0 Å². The van der Waals surface area contributed by atoms with Crippen molar-refractivity contribution in [1.29, 1.82) is 0 Å². The van der Waals surface area contributed by atoms with Gasteiger partial charge in [0.15, 0.2) is 16.9 Å². The molecule has 0 spiro atoms. The molecule has 0 aliphatic carbocycles. The molecule has 0 saturated heterocycles. The lowest BCUT2D eigenvalue weighted by atomic mass is 10.1. The molecule has 0 fully saturated rings. The molecule has 0 aliphatic heterocycles. The largest absolute Gasteiger partial charge is 0.507 e. The predicted octanol–water partition coefficient (Wildman–Crippen LogP) is 3.22. The Labute approximate surface area is 172 Å². The zero-order valence-corrected chi connectivity index (χ0v) is 17.4. The second-order valence-electron chi connectivity index (χ2n) is 6.04. The maximum Gasteiger partial charge on any atom is 0.211 e. The number of phenols is 1. The second-order valence-corrected chi connectivity index (χ2v) is 6.04.